The summed E-state index contributed by atoms with van der Waals surface area (Å²) in [6.07, 6.45) is 0. The molecule has 4 nitrogen and oxygen atoms in total. The predicted octanol–water partition coefficient (Wildman–Crippen LogP) is 4.29. The molecule has 2 rings (SSSR count). The van der Waals surface area contributed by atoms with E-state index in [0.29, 0.717) is 0 Å². The van der Waals surface area contributed by atoms with Crippen LogP contribution in [0.5, 0.6) is 0 Å². The molecule has 0 saturated carbocycles. The zero-order valence-corrected chi connectivity index (χ0v) is 15.2. The Bertz CT molecular complexity index is 760. The van der Waals surface area contributed by atoms with Gasteiger partial charge < -0.3 is 10.6 Å². The Morgan fingerprint density at radius 2 is 1.54 bits per heavy atom. The summed E-state index contributed by atoms with van der Waals surface area (Å²) in [7, 11) is 0. The highest BCUT2D eigenvalue weighted by Crippen LogP contribution is 2.24. The minimum Gasteiger partial charge on any atom is -0.343 e. The summed E-state index contributed by atoms with van der Waals surface area (Å²) in [6, 6.07) is 8.77. The highest BCUT2D eigenvalue weighted by molar-refractivity contribution is 6.39. The molecule has 0 spiro atoms. The number of carbonyl (C=O) groups is 2. The van der Waals surface area contributed by atoms with Gasteiger partial charge in [0, 0.05) is 5.69 Å². The van der Waals surface area contributed by atoms with E-state index in [9.17, 15) is 9.59 Å². The van der Waals surface area contributed by atoms with Crippen molar-refractivity contribution in [3.8, 4) is 0 Å². The van der Waals surface area contributed by atoms with Crippen LogP contribution < -0.4 is 10.6 Å². The molecular formula is C18H18Cl2N2O2. The molecule has 2 aromatic rings. The summed E-state index contributed by atoms with van der Waals surface area (Å²) >= 11 is 12.0. The number of benzene rings is 2. The van der Waals surface area contributed by atoms with Crippen LogP contribution in [0, 0.1) is 20.8 Å². The average molecular weight is 365 g/mol. The van der Waals surface area contributed by atoms with E-state index in [1.54, 1.807) is 18.2 Å². The molecule has 126 valence electrons. The number of hydrogen-bond acceptors (Lipinski definition) is 2. The van der Waals surface area contributed by atoms with E-state index >= 15 is 0 Å². The fourth-order valence-corrected chi connectivity index (χ4v) is 3.09. The Hall–Kier alpha value is -2.04. The molecule has 2 amide bonds. The fourth-order valence-electron chi connectivity index (χ4n) is 2.52. The van der Waals surface area contributed by atoms with Crippen LogP contribution in [0.1, 0.15) is 27.0 Å². The first-order valence-electron chi connectivity index (χ1n) is 7.39. The number of aryl methyl sites for hydroxylation is 3. The van der Waals surface area contributed by atoms with Crippen molar-refractivity contribution in [1.82, 2.24) is 5.32 Å². The lowest BCUT2D eigenvalue weighted by Crippen LogP contribution is -2.33. The van der Waals surface area contributed by atoms with E-state index in [0.717, 1.165) is 22.4 Å². The highest BCUT2D eigenvalue weighted by atomic mass is 35.5. The van der Waals surface area contributed by atoms with E-state index in [1.165, 1.54) is 0 Å². The maximum absolute atomic E-state index is 12.2. The van der Waals surface area contributed by atoms with Crippen molar-refractivity contribution in [2.24, 2.45) is 0 Å². The summed E-state index contributed by atoms with van der Waals surface area (Å²) in [5.74, 6) is -0.806. The summed E-state index contributed by atoms with van der Waals surface area (Å²) in [5, 5.41) is 5.84. The van der Waals surface area contributed by atoms with E-state index in [2.05, 4.69) is 10.6 Å². The summed E-state index contributed by atoms with van der Waals surface area (Å²) in [6.45, 7) is 5.68. The quantitative estimate of drug-likeness (QED) is 0.849. The molecule has 0 heterocycles. The van der Waals surface area contributed by atoms with Crippen molar-refractivity contribution >= 4 is 40.7 Å². The van der Waals surface area contributed by atoms with Gasteiger partial charge in [-0.2, -0.15) is 0 Å². The van der Waals surface area contributed by atoms with Crippen LogP contribution in [0.25, 0.3) is 0 Å². The molecule has 0 bridgehead atoms. The van der Waals surface area contributed by atoms with Gasteiger partial charge in [-0.15, -0.1) is 0 Å². The normalized spacial score (nSPS) is 10.4. The van der Waals surface area contributed by atoms with Crippen molar-refractivity contribution in [2.75, 3.05) is 11.9 Å². The number of nitrogens with one attached hydrogen (secondary N) is 2. The maximum Gasteiger partial charge on any atom is 0.254 e. The number of carbonyl (C=O) groups excluding carboxylic acids is 2. The standard InChI is InChI=1S/C18H18Cl2N2O2/c1-10-7-11(2)17(12(3)8-10)22-15(23)9-21-18(24)16-13(19)5-4-6-14(16)20/h4-8H,9H2,1-3H3,(H,21,24)(H,22,23). The van der Waals surface area contributed by atoms with Crippen molar-refractivity contribution in [3.05, 3.63) is 62.6 Å². The Morgan fingerprint density at radius 1 is 1.00 bits per heavy atom. The minimum atomic E-state index is -0.488. The van der Waals surface area contributed by atoms with Gasteiger partial charge in [0.25, 0.3) is 5.91 Å². The molecule has 0 radical (unpaired) electrons. The number of hydrogen-bond donors (Lipinski definition) is 2. The lowest BCUT2D eigenvalue weighted by Gasteiger charge is -2.13. The highest BCUT2D eigenvalue weighted by Gasteiger charge is 2.16. The van der Waals surface area contributed by atoms with E-state index < -0.39 is 5.91 Å². The SMILES string of the molecule is Cc1cc(C)c(NC(=O)CNC(=O)c2c(Cl)cccc2Cl)c(C)c1. The zero-order chi connectivity index (χ0) is 17.9. The molecular weight excluding hydrogens is 347 g/mol. The Kier molecular flexibility index (Phi) is 5.86. The predicted molar refractivity (Wildman–Crippen MR) is 98.1 cm³/mol. The molecule has 0 aliphatic carbocycles. The third-order valence-corrected chi connectivity index (χ3v) is 4.17. The smallest absolute Gasteiger partial charge is 0.254 e. The van der Waals surface area contributed by atoms with Crippen LogP contribution in [0.2, 0.25) is 10.0 Å². The largest absolute Gasteiger partial charge is 0.343 e. The average Bonchev–Trinajstić information content (AvgIpc) is 2.48. The third kappa shape index (κ3) is 4.28. The molecule has 0 saturated heterocycles. The van der Waals surface area contributed by atoms with Gasteiger partial charge in [0.15, 0.2) is 0 Å². The molecule has 0 fully saturated rings. The van der Waals surface area contributed by atoms with Gasteiger partial charge in [-0.3, -0.25) is 9.59 Å². The van der Waals surface area contributed by atoms with Crippen molar-refractivity contribution in [1.29, 1.82) is 0 Å². The Labute approximate surface area is 151 Å². The second-order valence-electron chi connectivity index (χ2n) is 5.60. The first-order valence-corrected chi connectivity index (χ1v) is 8.15. The molecule has 6 heteroatoms. The summed E-state index contributed by atoms with van der Waals surface area (Å²) < 4.78 is 0. The van der Waals surface area contributed by atoms with Gasteiger partial charge in [-0.1, -0.05) is 47.0 Å². The molecule has 0 unspecified atom stereocenters. The van der Waals surface area contributed by atoms with Gasteiger partial charge in [-0.25, -0.2) is 0 Å². The van der Waals surface area contributed by atoms with Gasteiger partial charge in [0.1, 0.15) is 0 Å². The van der Waals surface area contributed by atoms with Crippen LogP contribution in [-0.4, -0.2) is 18.4 Å². The monoisotopic (exact) mass is 364 g/mol. The number of rotatable bonds is 4. The van der Waals surface area contributed by atoms with Gasteiger partial charge in [-0.05, 0) is 44.0 Å². The van der Waals surface area contributed by atoms with Crippen LogP contribution in [0.15, 0.2) is 30.3 Å². The topological polar surface area (TPSA) is 58.2 Å². The molecule has 0 aromatic heterocycles. The number of halogens is 2. The molecule has 2 N–H and O–H groups in total. The lowest BCUT2D eigenvalue weighted by molar-refractivity contribution is -0.115. The first-order chi connectivity index (χ1) is 11.3. The van der Waals surface area contributed by atoms with Gasteiger partial charge >= 0.3 is 0 Å². The molecule has 2 aromatic carbocycles. The van der Waals surface area contributed by atoms with Gasteiger partial charge in [0.05, 0.1) is 22.2 Å². The first kappa shape index (κ1) is 18.3. The van der Waals surface area contributed by atoms with Crippen LogP contribution >= 0.6 is 23.2 Å². The van der Waals surface area contributed by atoms with E-state index in [1.807, 2.05) is 32.9 Å². The Morgan fingerprint density at radius 3 is 2.08 bits per heavy atom. The minimum absolute atomic E-state index is 0.163. The van der Waals surface area contributed by atoms with Crippen LogP contribution in [0.3, 0.4) is 0 Å². The third-order valence-electron chi connectivity index (χ3n) is 3.54. The van der Waals surface area contributed by atoms with Crippen molar-refractivity contribution in [3.63, 3.8) is 0 Å². The van der Waals surface area contributed by atoms with Crippen molar-refractivity contribution < 1.29 is 9.59 Å². The molecule has 0 aliphatic heterocycles. The zero-order valence-electron chi connectivity index (χ0n) is 13.7. The molecule has 0 aliphatic rings. The van der Waals surface area contributed by atoms with Crippen molar-refractivity contribution in [2.45, 2.75) is 20.8 Å². The van der Waals surface area contributed by atoms with Gasteiger partial charge in [0.2, 0.25) is 5.91 Å². The summed E-state index contributed by atoms with van der Waals surface area (Å²) in [5.41, 5.74) is 4.00. The number of anilines is 1. The maximum atomic E-state index is 12.2. The molecule has 24 heavy (non-hydrogen) atoms. The number of amides is 2. The molecule has 0 atom stereocenters. The Balaban J connectivity index is 2.03. The lowest BCUT2D eigenvalue weighted by atomic mass is 10.1. The van der Waals surface area contributed by atoms with E-state index in [4.69, 9.17) is 23.2 Å². The fraction of sp³-hybridized carbons (Fsp3) is 0.222. The second-order valence-corrected chi connectivity index (χ2v) is 6.42. The van der Waals surface area contributed by atoms with Crippen LogP contribution in [0.4, 0.5) is 5.69 Å². The summed E-state index contributed by atoms with van der Waals surface area (Å²) in [4.78, 5) is 24.3. The second kappa shape index (κ2) is 7.69. The van der Waals surface area contributed by atoms with Crippen LogP contribution in [-0.2, 0) is 4.79 Å². The van der Waals surface area contributed by atoms with E-state index in [-0.39, 0.29) is 28.1 Å².